The maximum absolute atomic E-state index is 10.4. The number of rotatable bonds is 1. The SMILES string of the molecule is OC[C@]12CCCC[C@@]1(O)[C@@H](O)[C@@H](O)[C@@H](O)O2. The van der Waals surface area contributed by atoms with Crippen LogP contribution in [0.5, 0.6) is 0 Å². The molecule has 2 aliphatic rings. The smallest absolute Gasteiger partial charge is 0.184 e. The molecule has 16 heavy (non-hydrogen) atoms. The summed E-state index contributed by atoms with van der Waals surface area (Å²) >= 11 is 0. The number of hydrogen-bond donors (Lipinski definition) is 5. The van der Waals surface area contributed by atoms with Gasteiger partial charge in [0.1, 0.15) is 23.4 Å². The van der Waals surface area contributed by atoms with Gasteiger partial charge in [-0.05, 0) is 12.8 Å². The van der Waals surface area contributed by atoms with E-state index in [9.17, 15) is 25.5 Å². The fourth-order valence-electron chi connectivity index (χ4n) is 2.82. The molecule has 2 rings (SSSR count). The van der Waals surface area contributed by atoms with E-state index in [0.29, 0.717) is 12.8 Å². The van der Waals surface area contributed by atoms with Crippen LogP contribution < -0.4 is 0 Å². The quantitative estimate of drug-likeness (QED) is 0.362. The standard InChI is InChI=1S/C10H18O6/c11-5-9-3-1-2-4-10(9,15)7(13)6(12)8(14)16-9/h6-8,11-15H,1-5H2/t6-,7+,8+,9-,10-/m1/s1. The van der Waals surface area contributed by atoms with Crippen LogP contribution in [-0.2, 0) is 4.74 Å². The third-order valence-corrected chi connectivity index (χ3v) is 3.88. The van der Waals surface area contributed by atoms with Crippen LogP contribution in [0.15, 0.2) is 0 Å². The molecule has 0 amide bonds. The van der Waals surface area contributed by atoms with Gasteiger partial charge in [0.2, 0.25) is 0 Å². The van der Waals surface area contributed by atoms with E-state index in [0.717, 1.165) is 6.42 Å². The van der Waals surface area contributed by atoms with Crippen molar-refractivity contribution in [3.05, 3.63) is 0 Å². The fraction of sp³-hybridized carbons (Fsp3) is 1.00. The van der Waals surface area contributed by atoms with Crippen LogP contribution >= 0.6 is 0 Å². The molecule has 6 heteroatoms. The Balaban J connectivity index is 2.37. The zero-order valence-electron chi connectivity index (χ0n) is 8.91. The molecule has 1 saturated carbocycles. The van der Waals surface area contributed by atoms with Gasteiger partial charge in [-0.25, -0.2) is 0 Å². The Morgan fingerprint density at radius 1 is 1.12 bits per heavy atom. The molecule has 1 aliphatic heterocycles. The van der Waals surface area contributed by atoms with Crippen LogP contribution in [0.4, 0.5) is 0 Å². The second-order valence-corrected chi connectivity index (χ2v) is 4.73. The summed E-state index contributed by atoms with van der Waals surface area (Å²) in [5.74, 6) is 0. The van der Waals surface area contributed by atoms with Gasteiger partial charge in [0.25, 0.3) is 0 Å². The second-order valence-electron chi connectivity index (χ2n) is 4.73. The van der Waals surface area contributed by atoms with E-state index in [1.807, 2.05) is 0 Å². The van der Waals surface area contributed by atoms with Crippen LogP contribution in [-0.4, -0.2) is 61.8 Å². The second kappa shape index (κ2) is 3.90. The Labute approximate surface area is 93.1 Å². The highest BCUT2D eigenvalue weighted by atomic mass is 16.7. The molecule has 0 aromatic rings. The topological polar surface area (TPSA) is 110 Å². The average molecular weight is 234 g/mol. The molecule has 1 saturated heterocycles. The number of aliphatic hydroxyl groups is 5. The minimum atomic E-state index is -1.70. The van der Waals surface area contributed by atoms with Gasteiger partial charge in [-0.3, -0.25) is 0 Å². The van der Waals surface area contributed by atoms with Gasteiger partial charge in [-0.15, -0.1) is 0 Å². The Bertz CT molecular complexity index is 266. The van der Waals surface area contributed by atoms with Crippen LogP contribution in [0.2, 0.25) is 0 Å². The Hall–Kier alpha value is -0.240. The van der Waals surface area contributed by atoms with Crippen molar-refractivity contribution >= 4 is 0 Å². The summed E-state index contributed by atoms with van der Waals surface area (Å²) in [6.07, 6.45) is -2.65. The predicted octanol–water partition coefficient (Wildman–Crippen LogP) is -1.91. The highest BCUT2D eigenvalue weighted by Gasteiger charge is 2.63. The lowest BCUT2D eigenvalue weighted by atomic mass is 9.66. The van der Waals surface area contributed by atoms with E-state index in [1.165, 1.54) is 0 Å². The lowest BCUT2D eigenvalue weighted by Gasteiger charge is -2.56. The monoisotopic (exact) mass is 234 g/mol. The van der Waals surface area contributed by atoms with Crippen molar-refractivity contribution in [1.82, 2.24) is 0 Å². The van der Waals surface area contributed by atoms with E-state index in [-0.39, 0.29) is 6.42 Å². The molecular formula is C10H18O6. The molecule has 0 aromatic heterocycles. The van der Waals surface area contributed by atoms with Crippen molar-refractivity contribution in [3.63, 3.8) is 0 Å². The van der Waals surface area contributed by atoms with Gasteiger partial charge in [0.05, 0.1) is 6.61 Å². The summed E-state index contributed by atoms with van der Waals surface area (Å²) in [5.41, 5.74) is -3.07. The lowest BCUT2D eigenvalue weighted by molar-refractivity contribution is -0.370. The molecule has 5 N–H and O–H groups in total. The predicted molar refractivity (Wildman–Crippen MR) is 52.3 cm³/mol. The largest absolute Gasteiger partial charge is 0.393 e. The van der Waals surface area contributed by atoms with Gasteiger partial charge in [-0.2, -0.15) is 0 Å². The van der Waals surface area contributed by atoms with Crippen molar-refractivity contribution in [2.75, 3.05) is 6.61 Å². The maximum atomic E-state index is 10.4. The van der Waals surface area contributed by atoms with Crippen LogP contribution in [0.25, 0.3) is 0 Å². The molecule has 94 valence electrons. The normalized spacial score (nSPS) is 53.4. The van der Waals surface area contributed by atoms with Crippen molar-refractivity contribution in [1.29, 1.82) is 0 Å². The third-order valence-electron chi connectivity index (χ3n) is 3.88. The van der Waals surface area contributed by atoms with Gasteiger partial charge in [-0.1, -0.05) is 12.8 Å². The van der Waals surface area contributed by atoms with E-state index >= 15 is 0 Å². The zero-order valence-corrected chi connectivity index (χ0v) is 8.91. The number of aliphatic hydroxyl groups excluding tert-OH is 4. The number of fused-ring (bicyclic) bond motifs is 1. The summed E-state index contributed by atoms with van der Waals surface area (Å²) in [4.78, 5) is 0. The summed E-state index contributed by atoms with van der Waals surface area (Å²) in [6.45, 7) is -0.496. The molecule has 0 unspecified atom stereocenters. The Morgan fingerprint density at radius 2 is 1.75 bits per heavy atom. The van der Waals surface area contributed by atoms with Gasteiger partial charge in [0, 0.05) is 0 Å². The molecule has 1 aliphatic carbocycles. The van der Waals surface area contributed by atoms with Crippen molar-refractivity contribution in [2.45, 2.75) is 55.4 Å². The molecule has 0 bridgehead atoms. The van der Waals surface area contributed by atoms with E-state index in [4.69, 9.17) is 4.74 Å². The Morgan fingerprint density at radius 3 is 2.38 bits per heavy atom. The van der Waals surface area contributed by atoms with Crippen molar-refractivity contribution in [2.24, 2.45) is 0 Å². The molecule has 6 nitrogen and oxygen atoms in total. The van der Waals surface area contributed by atoms with Crippen LogP contribution in [0.3, 0.4) is 0 Å². The molecular weight excluding hydrogens is 216 g/mol. The van der Waals surface area contributed by atoms with Gasteiger partial charge >= 0.3 is 0 Å². The molecule has 5 atom stereocenters. The first-order valence-corrected chi connectivity index (χ1v) is 5.52. The summed E-state index contributed by atoms with van der Waals surface area (Å²) in [7, 11) is 0. The molecule has 1 heterocycles. The molecule has 2 fully saturated rings. The van der Waals surface area contributed by atoms with E-state index in [2.05, 4.69) is 0 Å². The lowest BCUT2D eigenvalue weighted by Crippen LogP contribution is -2.74. The van der Waals surface area contributed by atoms with Gasteiger partial charge in [0.15, 0.2) is 6.29 Å². The average Bonchev–Trinajstić information content (AvgIpc) is 2.28. The van der Waals surface area contributed by atoms with Gasteiger partial charge < -0.3 is 30.3 Å². The number of ether oxygens (including phenoxy) is 1. The fourth-order valence-corrected chi connectivity index (χ4v) is 2.82. The molecule has 0 aromatic carbocycles. The number of hydrogen-bond acceptors (Lipinski definition) is 6. The van der Waals surface area contributed by atoms with Crippen LogP contribution in [0.1, 0.15) is 25.7 Å². The van der Waals surface area contributed by atoms with E-state index < -0.39 is 36.3 Å². The minimum absolute atomic E-state index is 0.235. The first-order valence-electron chi connectivity index (χ1n) is 5.52. The van der Waals surface area contributed by atoms with E-state index in [1.54, 1.807) is 0 Å². The minimum Gasteiger partial charge on any atom is -0.393 e. The Kier molecular flexibility index (Phi) is 2.98. The van der Waals surface area contributed by atoms with Crippen molar-refractivity contribution < 1.29 is 30.3 Å². The highest BCUT2D eigenvalue weighted by molar-refractivity contribution is 5.12. The highest BCUT2D eigenvalue weighted by Crippen LogP contribution is 2.46. The van der Waals surface area contributed by atoms with Crippen LogP contribution in [0, 0.1) is 0 Å². The summed E-state index contributed by atoms with van der Waals surface area (Å²) in [6, 6.07) is 0. The third kappa shape index (κ3) is 1.42. The first-order chi connectivity index (χ1) is 7.47. The maximum Gasteiger partial charge on any atom is 0.184 e. The van der Waals surface area contributed by atoms with Crippen molar-refractivity contribution in [3.8, 4) is 0 Å². The zero-order chi connectivity index (χ0) is 12.0. The molecule has 0 spiro atoms. The first kappa shape index (κ1) is 12.2. The summed E-state index contributed by atoms with van der Waals surface area (Å²) in [5, 5.41) is 48.6. The molecule has 0 radical (unpaired) electrons. The summed E-state index contributed by atoms with van der Waals surface area (Å²) < 4.78 is 5.16.